The molecule has 1 atom stereocenters. The number of ether oxygens (including phenoxy) is 1. The molecule has 0 fully saturated rings. The number of rotatable bonds is 2. The van der Waals surface area contributed by atoms with Crippen molar-refractivity contribution in [3.05, 3.63) is 21.9 Å². The summed E-state index contributed by atoms with van der Waals surface area (Å²) in [7, 11) is 1.63. The second-order valence-electron chi connectivity index (χ2n) is 2.58. The molecule has 0 spiro atoms. The predicted molar refractivity (Wildman–Crippen MR) is 39.7 cm³/mol. The highest BCUT2D eigenvalue weighted by Crippen LogP contribution is 2.19. The summed E-state index contributed by atoms with van der Waals surface area (Å²) in [5.41, 5.74) is 0.332. The van der Waals surface area contributed by atoms with Crippen molar-refractivity contribution in [2.75, 3.05) is 7.11 Å². The van der Waals surface area contributed by atoms with Gasteiger partial charge in [-0.15, -0.1) is 0 Å². The largest absolute Gasteiger partial charge is 0.381 e. The number of methoxy groups -OCH3 is 1. The van der Waals surface area contributed by atoms with E-state index in [2.05, 4.69) is 0 Å². The van der Waals surface area contributed by atoms with Gasteiger partial charge in [0.05, 0.1) is 11.0 Å². The highest BCUT2D eigenvalue weighted by molar-refractivity contribution is 4.98. The van der Waals surface area contributed by atoms with Crippen molar-refractivity contribution >= 4 is 0 Å². The molecule has 0 saturated carbocycles. The number of hydrogen-bond donors (Lipinski definition) is 0. The minimum atomic E-state index is -0.314. The third-order valence-corrected chi connectivity index (χ3v) is 1.91. The summed E-state index contributed by atoms with van der Waals surface area (Å²) in [5, 5.41) is 10.2. The standard InChI is InChI=1S/C7H11NO3/c1-11-7-4-2-6(3-5-7)8(9)10/h2,7H,3-5H2,1H3. The summed E-state index contributed by atoms with van der Waals surface area (Å²) in [6.45, 7) is 0. The molecule has 0 aliphatic heterocycles. The molecule has 1 aliphatic carbocycles. The quantitative estimate of drug-likeness (QED) is 0.449. The van der Waals surface area contributed by atoms with Gasteiger partial charge in [-0.2, -0.15) is 0 Å². The average Bonchev–Trinajstić information content (AvgIpc) is 2.05. The van der Waals surface area contributed by atoms with Crippen LogP contribution in [0.15, 0.2) is 11.8 Å². The van der Waals surface area contributed by atoms with Crippen molar-refractivity contribution < 1.29 is 9.66 Å². The van der Waals surface area contributed by atoms with Gasteiger partial charge < -0.3 is 4.74 Å². The van der Waals surface area contributed by atoms with E-state index in [0.717, 1.165) is 6.42 Å². The molecular formula is C7H11NO3. The van der Waals surface area contributed by atoms with Gasteiger partial charge in [0.15, 0.2) is 0 Å². The van der Waals surface area contributed by atoms with Gasteiger partial charge in [0, 0.05) is 13.5 Å². The van der Waals surface area contributed by atoms with Gasteiger partial charge in [-0.3, -0.25) is 10.1 Å². The van der Waals surface area contributed by atoms with Crippen molar-refractivity contribution in [2.24, 2.45) is 0 Å². The zero-order valence-electron chi connectivity index (χ0n) is 6.45. The van der Waals surface area contributed by atoms with Crippen LogP contribution in [0.1, 0.15) is 19.3 Å². The third-order valence-electron chi connectivity index (χ3n) is 1.91. The number of hydrogen-bond acceptors (Lipinski definition) is 3. The number of nitro groups is 1. The van der Waals surface area contributed by atoms with E-state index in [1.807, 2.05) is 0 Å². The van der Waals surface area contributed by atoms with E-state index in [4.69, 9.17) is 4.74 Å². The first-order valence-electron chi connectivity index (χ1n) is 3.60. The lowest BCUT2D eigenvalue weighted by atomic mass is 10.0. The molecule has 0 radical (unpaired) electrons. The van der Waals surface area contributed by atoms with E-state index in [-0.39, 0.29) is 11.0 Å². The Bertz CT molecular complexity index is 188. The van der Waals surface area contributed by atoms with Gasteiger partial charge in [-0.05, 0) is 18.9 Å². The summed E-state index contributed by atoms with van der Waals surface area (Å²) in [6.07, 6.45) is 3.80. The molecule has 0 aromatic rings. The Morgan fingerprint density at radius 1 is 1.82 bits per heavy atom. The molecule has 0 bridgehead atoms. The summed E-state index contributed by atoms with van der Waals surface area (Å²) in [5.74, 6) is 0. The van der Waals surface area contributed by atoms with E-state index in [0.29, 0.717) is 18.5 Å². The molecule has 0 N–H and O–H groups in total. The molecule has 1 unspecified atom stereocenters. The predicted octanol–water partition coefficient (Wildman–Crippen LogP) is 1.35. The molecule has 1 rings (SSSR count). The topological polar surface area (TPSA) is 52.4 Å². The van der Waals surface area contributed by atoms with Crippen molar-refractivity contribution in [2.45, 2.75) is 25.4 Å². The zero-order valence-corrected chi connectivity index (χ0v) is 6.45. The van der Waals surface area contributed by atoms with Crippen LogP contribution in [0.3, 0.4) is 0 Å². The SMILES string of the molecule is COC1CC=C([N+](=O)[O-])CC1. The minimum absolute atomic E-state index is 0.179. The molecule has 11 heavy (non-hydrogen) atoms. The van der Waals surface area contributed by atoms with Crippen LogP contribution in [0, 0.1) is 10.1 Å². The van der Waals surface area contributed by atoms with E-state index < -0.39 is 0 Å². The average molecular weight is 157 g/mol. The van der Waals surface area contributed by atoms with Crippen LogP contribution < -0.4 is 0 Å². The fourth-order valence-corrected chi connectivity index (χ4v) is 1.18. The lowest BCUT2D eigenvalue weighted by molar-refractivity contribution is -0.429. The first-order valence-corrected chi connectivity index (χ1v) is 3.60. The maximum absolute atomic E-state index is 10.2. The van der Waals surface area contributed by atoms with Crippen LogP contribution in [-0.2, 0) is 4.74 Å². The first kappa shape index (κ1) is 8.20. The summed E-state index contributed by atoms with van der Waals surface area (Å²) in [4.78, 5) is 9.93. The van der Waals surface area contributed by atoms with E-state index in [1.165, 1.54) is 0 Å². The highest BCUT2D eigenvalue weighted by atomic mass is 16.6. The van der Waals surface area contributed by atoms with E-state index in [1.54, 1.807) is 13.2 Å². The Labute approximate surface area is 65.0 Å². The van der Waals surface area contributed by atoms with Crippen LogP contribution in [0.4, 0.5) is 0 Å². The lowest BCUT2D eigenvalue weighted by Crippen LogP contribution is -2.16. The smallest absolute Gasteiger partial charge is 0.242 e. The maximum atomic E-state index is 10.2. The summed E-state index contributed by atoms with van der Waals surface area (Å²) < 4.78 is 5.05. The fraction of sp³-hybridized carbons (Fsp3) is 0.714. The molecule has 4 nitrogen and oxygen atoms in total. The van der Waals surface area contributed by atoms with Gasteiger partial charge in [-0.1, -0.05) is 0 Å². The van der Waals surface area contributed by atoms with Crippen molar-refractivity contribution in [1.82, 2.24) is 0 Å². The van der Waals surface area contributed by atoms with Crippen LogP contribution >= 0.6 is 0 Å². The van der Waals surface area contributed by atoms with Gasteiger partial charge >= 0.3 is 0 Å². The molecule has 0 saturated heterocycles. The van der Waals surface area contributed by atoms with Crippen LogP contribution in [0.2, 0.25) is 0 Å². The molecule has 0 aromatic carbocycles. The molecule has 1 aliphatic rings. The number of allylic oxidation sites excluding steroid dienone is 1. The second-order valence-corrected chi connectivity index (χ2v) is 2.58. The molecule has 0 amide bonds. The normalized spacial score (nSPS) is 24.5. The Balaban J connectivity index is 2.50. The maximum Gasteiger partial charge on any atom is 0.242 e. The van der Waals surface area contributed by atoms with Crippen LogP contribution in [0.5, 0.6) is 0 Å². The molecule has 62 valence electrons. The Morgan fingerprint density at radius 3 is 2.91 bits per heavy atom. The van der Waals surface area contributed by atoms with Crippen molar-refractivity contribution in [3.8, 4) is 0 Å². The first-order chi connectivity index (χ1) is 5.24. The summed E-state index contributed by atoms with van der Waals surface area (Å²) in [6, 6.07) is 0. The third kappa shape index (κ3) is 2.01. The molecule has 0 heterocycles. The Hall–Kier alpha value is -0.900. The monoisotopic (exact) mass is 157 g/mol. The van der Waals surface area contributed by atoms with E-state index >= 15 is 0 Å². The number of nitrogens with zero attached hydrogens (tertiary/aromatic N) is 1. The van der Waals surface area contributed by atoms with Crippen LogP contribution in [-0.4, -0.2) is 18.1 Å². The molecular weight excluding hydrogens is 146 g/mol. The highest BCUT2D eigenvalue weighted by Gasteiger charge is 2.19. The molecule has 0 aromatic heterocycles. The second kappa shape index (κ2) is 3.48. The van der Waals surface area contributed by atoms with Gasteiger partial charge in [0.2, 0.25) is 5.70 Å². The van der Waals surface area contributed by atoms with Gasteiger partial charge in [0.25, 0.3) is 0 Å². The van der Waals surface area contributed by atoms with Crippen LogP contribution in [0.25, 0.3) is 0 Å². The van der Waals surface area contributed by atoms with Gasteiger partial charge in [0.1, 0.15) is 0 Å². The van der Waals surface area contributed by atoms with E-state index in [9.17, 15) is 10.1 Å². The molecule has 4 heteroatoms. The summed E-state index contributed by atoms with van der Waals surface area (Å²) >= 11 is 0. The Kier molecular flexibility index (Phi) is 2.59. The van der Waals surface area contributed by atoms with Gasteiger partial charge in [-0.25, -0.2) is 0 Å². The zero-order chi connectivity index (χ0) is 8.27. The Morgan fingerprint density at radius 2 is 2.55 bits per heavy atom. The fourth-order valence-electron chi connectivity index (χ4n) is 1.18. The lowest BCUT2D eigenvalue weighted by Gasteiger charge is -2.15. The van der Waals surface area contributed by atoms with Crippen molar-refractivity contribution in [1.29, 1.82) is 0 Å². The van der Waals surface area contributed by atoms with Crippen molar-refractivity contribution in [3.63, 3.8) is 0 Å². The minimum Gasteiger partial charge on any atom is -0.381 e.